The summed E-state index contributed by atoms with van der Waals surface area (Å²) in [7, 11) is 3.16. The van der Waals surface area contributed by atoms with Crippen molar-refractivity contribution in [1.82, 2.24) is 25.1 Å². The largest absolute Gasteiger partial charge is 0.497 e. The SMILES string of the molecule is CCCOc1ccc(OCC(=O)NCCOc2ccc3nnc(-c4ccc(OC)cc4OC)n3n2)cc1. The summed E-state index contributed by atoms with van der Waals surface area (Å²) in [6.45, 7) is 3.11. The molecule has 11 nitrogen and oxygen atoms in total. The Balaban J connectivity index is 1.28. The summed E-state index contributed by atoms with van der Waals surface area (Å²) in [5.41, 5.74) is 1.26. The number of benzene rings is 2. The molecule has 37 heavy (non-hydrogen) atoms. The minimum Gasteiger partial charge on any atom is -0.497 e. The highest BCUT2D eigenvalue weighted by molar-refractivity contribution is 5.77. The van der Waals surface area contributed by atoms with Gasteiger partial charge in [0.05, 0.1) is 32.9 Å². The maximum absolute atomic E-state index is 12.1. The van der Waals surface area contributed by atoms with E-state index >= 15 is 0 Å². The van der Waals surface area contributed by atoms with Crippen molar-refractivity contribution >= 4 is 11.6 Å². The fraction of sp³-hybridized carbons (Fsp3) is 0.308. The van der Waals surface area contributed by atoms with E-state index < -0.39 is 0 Å². The molecule has 0 aliphatic carbocycles. The molecule has 0 unspecified atom stereocenters. The smallest absolute Gasteiger partial charge is 0.258 e. The highest BCUT2D eigenvalue weighted by atomic mass is 16.5. The minimum atomic E-state index is -0.258. The Morgan fingerprint density at radius 2 is 1.62 bits per heavy atom. The first-order valence-electron chi connectivity index (χ1n) is 11.8. The predicted molar refractivity (Wildman–Crippen MR) is 136 cm³/mol. The van der Waals surface area contributed by atoms with E-state index in [1.165, 1.54) is 0 Å². The molecule has 4 rings (SSSR count). The van der Waals surface area contributed by atoms with Crippen LogP contribution >= 0.6 is 0 Å². The van der Waals surface area contributed by atoms with Gasteiger partial charge in [0.25, 0.3) is 5.91 Å². The normalized spacial score (nSPS) is 10.7. The van der Waals surface area contributed by atoms with Crippen molar-refractivity contribution in [2.45, 2.75) is 13.3 Å². The number of ether oxygens (including phenoxy) is 5. The molecule has 0 fully saturated rings. The van der Waals surface area contributed by atoms with Crippen molar-refractivity contribution in [2.75, 3.05) is 40.6 Å². The lowest BCUT2D eigenvalue weighted by Crippen LogP contribution is -2.32. The maximum atomic E-state index is 12.1. The average molecular weight is 508 g/mol. The van der Waals surface area contributed by atoms with E-state index in [-0.39, 0.29) is 25.7 Å². The molecule has 0 bridgehead atoms. The molecule has 0 saturated carbocycles. The van der Waals surface area contributed by atoms with Gasteiger partial charge in [-0.25, -0.2) is 0 Å². The molecule has 2 aromatic heterocycles. The van der Waals surface area contributed by atoms with Crippen molar-refractivity contribution in [3.63, 3.8) is 0 Å². The quantitative estimate of drug-likeness (QED) is 0.272. The molecular weight excluding hydrogens is 478 g/mol. The Labute approximate surface area is 214 Å². The van der Waals surface area contributed by atoms with Crippen molar-refractivity contribution in [2.24, 2.45) is 0 Å². The van der Waals surface area contributed by atoms with Crippen LogP contribution < -0.4 is 29.0 Å². The van der Waals surface area contributed by atoms with Crippen LogP contribution in [0.3, 0.4) is 0 Å². The second kappa shape index (κ2) is 12.4. The third-order valence-corrected chi connectivity index (χ3v) is 5.23. The van der Waals surface area contributed by atoms with Crippen LogP contribution in [0.2, 0.25) is 0 Å². The molecule has 4 aromatic rings. The summed E-state index contributed by atoms with van der Waals surface area (Å²) in [6, 6.07) is 16.0. The highest BCUT2D eigenvalue weighted by Gasteiger charge is 2.16. The van der Waals surface area contributed by atoms with Crippen LogP contribution in [0.5, 0.6) is 28.9 Å². The van der Waals surface area contributed by atoms with E-state index in [1.54, 1.807) is 49.1 Å². The molecule has 1 N–H and O–H groups in total. The number of carbonyl (C=O) groups is 1. The monoisotopic (exact) mass is 507 g/mol. The molecule has 194 valence electrons. The molecule has 2 heterocycles. The number of rotatable bonds is 13. The first-order valence-corrected chi connectivity index (χ1v) is 11.8. The van der Waals surface area contributed by atoms with E-state index in [4.69, 9.17) is 23.7 Å². The van der Waals surface area contributed by atoms with Crippen molar-refractivity contribution in [3.8, 4) is 40.3 Å². The number of methoxy groups -OCH3 is 2. The number of nitrogens with zero attached hydrogens (tertiary/aromatic N) is 4. The molecule has 0 saturated heterocycles. The van der Waals surface area contributed by atoms with Crippen molar-refractivity contribution in [1.29, 1.82) is 0 Å². The van der Waals surface area contributed by atoms with Gasteiger partial charge in [0.2, 0.25) is 5.88 Å². The third-order valence-electron chi connectivity index (χ3n) is 5.23. The summed E-state index contributed by atoms with van der Waals surface area (Å²) in [5, 5.41) is 15.7. The number of amides is 1. The van der Waals surface area contributed by atoms with Crippen LogP contribution in [0.25, 0.3) is 17.0 Å². The van der Waals surface area contributed by atoms with Gasteiger partial charge in [0, 0.05) is 12.1 Å². The predicted octanol–water partition coefficient (Wildman–Crippen LogP) is 3.17. The number of carbonyl (C=O) groups excluding carboxylic acids is 1. The zero-order valence-corrected chi connectivity index (χ0v) is 21.0. The summed E-state index contributed by atoms with van der Waals surface area (Å²) < 4.78 is 29.1. The van der Waals surface area contributed by atoms with Crippen LogP contribution in [0, 0.1) is 0 Å². The van der Waals surface area contributed by atoms with E-state index in [9.17, 15) is 4.79 Å². The molecule has 0 aliphatic rings. The summed E-state index contributed by atoms with van der Waals surface area (Å²) in [4.78, 5) is 12.1. The van der Waals surface area contributed by atoms with Crippen LogP contribution in [0.1, 0.15) is 13.3 Å². The van der Waals surface area contributed by atoms with E-state index in [0.717, 1.165) is 12.2 Å². The lowest BCUT2D eigenvalue weighted by Gasteiger charge is -2.10. The van der Waals surface area contributed by atoms with Gasteiger partial charge in [-0.3, -0.25) is 4.79 Å². The minimum absolute atomic E-state index is 0.104. The number of fused-ring (bicyclic) bond motifs is 1. The van der Waals surface area contributed by atoms with Gasteiger partial charge in [-0.05, 0) is 48.9 Å². The Morgan fingerprint density at radius 1 is 0.865 bits per heavy atom. The standard InChI is InChI=1S/C26H29N5O6/c1-4-14-35-18-5-7-19(8-6-18)37-17-24(32)27-13-15-36-25-12-11-23-28-29-26(31(23)30-25)21-10-9-20(33-2)16-22(21)34-3/h5-12,16H,4,13-15,17H2,1-3H3,(H,27,32). The number of aromatic nitrogens is 4. The maximum Gasteiger partial charge on any atom is 0.258 e. The molecule has 0 radical (unpaired) electrons. The zero-order valence-electron chi connectivity index (χ0n) is 21.0. The van der Waals surface area contributed by atoms with Crippen LogP contribution in [-0.4, -0.2) is 66.3 Å². The first kappa shape index (κ1) is 25.5. The van der Waals surface area contributed by atoms with Gasteiger partial charge in [-0.15, -0.1) is 15.3 Å². The Morgan fingerprint density at radius 3 is 2.35 bits per heavy atom. The van der Waals surface area contributed by atoms with Crippen LogP contribution in [0.4, 0.5) is 0 Å². The zero-order chi connectivity index (χ0) is 26.0. The number of hydrogen-bond acceptors (Lipinski definition) is 9. The van der Waals surface area contributed by atoms with Gasteiger partial charge >= 0.3 is 0 Å². The van der Waals surface area contributed by atoms with Crippen LogP contribution in [-0.2, 0) is 4.79 Å². The van der Waals surface area contributed by atoms with Crippen LogP contribution in [0.15, 0.2) is 54.6 Å². The van der Waals surface area contributed by atoms with Gasteiger partial charge in [-0.2, -0.15) is 4.52 Å². The summed E-state index contributed by atoms with van der Waals surface area (Å²) in [5.74, 6) is 3.19. The number of nitrogens with one attached hydrogen (secondary N) is 1. The topological polar surface area (TPSA) is 118 Å². The Hall–Kier alpha value is -4.54. The Kier molecular flexibility index (Phi) is 8.58. The Bertz CT molecular complexity index is 1330. The molecule has 11 heteroatoms. The van der Waals surface area contributed by atoms with Gasteiger partial charge in [0.15, 0.2) is 18.1 Å². The molecular formula is C26H29N5O6. The third kappa shape index (κ3) is 6.57. The van der Waals surface area contributed by atoms with Gasteiger partial charge in [-0.1, -0.05) is 6.92 Å². The summed E-state index contributed by atoms with van der Waals surface area (Å²) >= 11 is 0. The molecule has 0 aliphatic heterocycles. The highest BCUT2D eigenvalue weighted by Crippen LogP contribution is 2.32. The molecule has 0 atom stereocenters. The fourth-order valence-electron chi connectivity index (χ4n) is 3.40. The molecule has 0 spiro atoms. The lowest BCUT2D eigenvalue weighted by atomic mass is 10.2. The van der Waals surface area contributed by atoms with E-state index in [2.05, 4.69) is 20.6 Å². The molecule has 2 aromatic carbocycles. The second-order valence-corrected chi connectivity index (χ2v) is 7.84. The van der Waals surface area contributed by atoms with E-state index in [0.29, 0.717) is 46.8 Å². The van der Waals surface area contributed by atoms with Crippen molar-refractivity contribution in [3.05, 3.63) is 54.6 Å². The van der Waals surface area contributed by atoms with Gasteiger partial charge in [0.1, 0.15) is 29.6 Å². The van der Waals surface area contributed by atoms with E-state index in [1.807, 2.05) is 31.2 Å². The lowest BCUT2D eigenvalue weighted by molar-refractivity contribution is -0.123. The molecule has 1 amide bonds. The first-order chi connectivity index (χ1) is 18.1. The second-order valence-electron chi connectivity index (χ2n) is 7.84. The number of hydrogen-bond donors (Lipinski definition) is 1. The average Bonchev–Trinajstić information content (AvgIpc) is 3.36. The van der Waals surface area contributed by atoms with Crippen molar-refractivity contribution < 1.29 is 28.5 Å². The fourth-order valence-corrected chi connectivity index (χ4v) is 3.40. The van der Waals surface area contributed by atoms with Gasteiger partial charge < -0.3 is 29.0 Å². The summed E-state index contributed by atoms with van der Waals surface area (Å²) in [6.07, 6.45) is 0.938.